The van der Waals surface area contributed by atoms with Crippen LogP contribution in [0.15, 0.2) is 24.3 Å². The molecular weight excluding hydrogens is 382 g/mol. The number of amides is 2. The molecule has 0 saturated carbocycles. The van der Waals surface area contributed by atoms with Crippen molar-refractivity contribution in [2.45, 2.75) is 57.2 Å². The van der Waals surface area contributed by atoms with E-state index in [1.165, 1.54) is 0 Å². The molecule has 30 heavy (non-hydrogen) atoms. The Morgan fingerprint density at radius 3 is 2.77 bits per heavy atom. The molecule has 2 fully saturated rings. The molecule has 0 radical (unpaired) electrons. The van der Waals surface area contributed by atoms with Gasteiger partial charge in [0.1, 0.15) is 5.75 Å². The fraction of sp³-hybridized carbons (Fsp3) is 0.652. The number of carbonyl (C=O) groups is 2. The molecule has 7 heteroatoms. The minimum Gasteiger partial charge on any atom is -0.497 e. The van der Waals surface area contributed by atoms with Crippen LogP contribution in [0.4, 0.5) is 0 Å². The maximum absolute atomic E-state index is 12.8. The van der Waals surface area contributed by atoms with Gasteiger partial charge in [0.15, 0.2) is 0 Å². The second-order valence-electron chi connectivity index (χ2n) is 8.43. The van der Waals surface area contributed by atoms with E-state index in [2.05, 4.69) is 16.7 Å². The number of hydrogen-bond acceptors (Lipinski definition) is 5. The third-order valence-corrected chi connectivity index (χ3v) is 6.11. The lowest BCUT2D eigenvalue weighted by atomic mass is 9.95. The van der Waals surface area contributed by atoms with Crippen LogP contribution in [0.2, 0.25) is 0 Å². The van der Waals surface area contributed by atoms with Crippen LogP contribution in [0.25, 0.3) is 0 Å². The quantitative estimate of drug-likeness (QED) is 0.741. The van der Waals surface area contributed by atoms with E-state index in [9.17, 15) is 9.59 Å². The van der Waals surface area contributed by atoms with Crippen LogP contribution >= 0.6 is 0 Å². The highest BCUT2D eigenvalue weighted by Gasteiger charge is 2.28. The Morgan fingerprint density at radius 2 is 2.00 bits per heavy atom. The summed E-state index contributed by atoms with van der Waals surface area (Å²) in [6.07, 6.45) is 4.58. The third-order valence-electron chi connectivity index (χ3n) is 6.11. The number of benzene rings is 1. The van der Waals surface area contributed by atoms with Crippen molar-refractivity contribution < 1.29 is 19.1 Å². The molecule has 2 heterocycles. The van der Waals surface area contributed by atoms with Crippen LogP contribution in [-0.4, -0.2) is 62.7 Å². The predicted molar refractivity (Wildman–Crippen MR) is 115 cm³/mol. The van der Waals surface area contributed by atoms with Crippen molar-refractivity contribution >= 4 is 11.8 Å². The zero-order valence-electron chi connectivity index (χ0n) is 18.2. The van der Waals surface area contributed by atoms with Gasteiger partial charge in [-0.05, 0) is 43.4 Å². The fourth-order valence-corrected chi connectivity index (χ4v) is 4.20. The van der Waals surface area contributed by atoms with Crippen LogP contribution in [0.1, 0.15) is 44.1 Å². The van der Waals surface area contributed by atoms with E-state index in [1.807, 2.05) is 25.2 Å². The van der Waals surface area contributed by atoms with Crippen molar-refractivity contribution in [3.8, 4) is 5.75 Å². The predicted octanol–water partition coefficient (Wildman–Crippen LogP) is 2.10. The summed E-state index contributed by atoms with van der Waals surface area (Å²) in [6, 6.07) is 8.37. The van der Waals surface area contributed by atoms with E-state index in [0.717, 1.165) is 50.0 Å². The number of hydrogen-bond donors (Lipinski definition) is 2. The van der Waals surface area contributed by atoms with Gasteiger partial charge in [0, 0.05) is 57.8 Å². The van der Waals surface area contributed by atoms with Crippen molar-refractivity contribution in [1.82, 2.24) is 15.5 Å². The molecule has 2 saturated heterocycles. The Hall–Kier alpha value is -2.12. The van der Waals surface area contributed by atoms with E-state index >= 15 is 0 Å². The molecule has 2 atom stereocenters. The molecule has 0 aromatic heterocycles. The molecular formula is C23H35N3O4. The molecule has 2 N–H and O–H groups in total. The maximum Gasteiger partial charge on any atom is 0.223 e. The molecule has 2 aliphatic rings. The standard InChI is InChI=1S/C23H35N3O4/c1-26-16-20(24-15-17-5-3-8-21(13-17)29-2)7-4-6-18(14-22(26)27)23(28)25-19-9-11-30-12-10-19/h3,5,8,13,18-20,24H,4,6-7,9-12,14-16H2,1-2H3,(H,25,28)/t18-,20-/m1/s1. The number of nitrogens with zero attached hydrogens (tertiary/aromatic N) is 1. The first kappa shape index (κ1) is 22.6. The average Bonchev–Trinajstić information content (AvgIpc) is 2.83. The van der Waals surface area contributed by atoms with Gasteiger partial charge in [-0.2, -0.15) is 0 Å². The zero-order valence-corrected chi connectivity index (χ0v) is 18.2. The monoisotopic (exact) mass is 417 g/mol. The molecule has 1 aromatic rings. The first-order chi connectivity index (χ1) is 14.5. The molecule has 0 aliphatic carbocycles. The molecule has 3 rings (SSSR count). The van der Waals surface area contributed by atoms with Gasteiger partial charge in [0.25, 0.3) is 0 Å². The summed E-state index contributed by atoms with van der Waals surface area (Å²) in [5.74, 6) is 0.651. The van der Waals surface area contributed by atoms with E-state index in [1.54, 1.807) is 12.0 Å². The number of ether oxygens (including phenoxy) is 2. The van der Waals surface area contributed by atoms with Gasteiger partial charge >= 0.3 is 0 Å². The second kappa shape index (κ2) is 11.3. The maximum atomic E-state index is 12.8. The number of carbonyl (C=O) groups excluding carboxylic acids is 2. The Bertz CT molecular complexity index is 705. The van der Waals surface area contributed by atoms with Crippen molar-refractivity contribution in [3.63, 3.8) is 0 Å². The third kappa shape index (κ3) is 6.71. The number of likely N-dealkylation sites (N-methyl/N-ethyl adjacent to an activating group) is 1. The van der Waals surface area contributed by atoms with Gasteiger partial charge < -0.3 is 25.0 Å². The summed E-state index contributed by atoms with van der Waals surface area (Å²) in [5.41, 5.74) is 1.15. The Kier molecular flexibility index (Phi) is 8.51. The van der Waals surface area contributed by atoms with Gasteiger partial charge in [0.2, 0.25) is 11.8 Å². The van der Waals surface area contributed by atoms with Gasteiger partial charge in [-0.25, -0.2) is 0 Å². The van der Waals surface area contributed by atoms with Crippen molar-refractivity contribution in [2.24, 2.45) is 5.92 Å². The van der Waals surface area contributed by atoms with Crippen LogP contribution in [0.3, 0.4) is 0 Å². The van der Waals surface area contributed by atoms with Crippen LogP contribution in [0, 0.1) is 5.92 Å². The molecule has 0 bridgehead atoms. The minimum absolute atomic E-state index is 0.0199. The average molecular weight is 418 g/mol. The molecule has 166 valence electrons. The first-order valence-corrected chi connectivity index (χ1v) is 11.0. The van der Waals surface area contributed by atoms with E-state index in [-0.39, 0.29) is 36.2 Å². The number of nitrogens with one attached hydrogen (secondary N) is 2. The minimum atomic E-state index is -0.250. The highest BCUT2D eigenvalue weighted by molar-refractivity contribution is 5.86. The lowest BCUT2D eigenvalue weighted by molar-refractivity contribution is -0.136. The molecule has 0 unspecified atom stereocenters. The molecule has 7 nitrogen and oxygen atoms in total. The Labute approximate surface area is 179 Å². The molecule has 1 aromatic carbocycles. The van der Waals surface area contributed by atoms with Gasteiger partial charge in [-0.1, -0.05) is 18.6 Å². The highest BCUT2D eigenvalue weighted by atomic mass is 16.5. The van der Waals surface area contributed by atoms with E-state index in [4.69, 9.17) is 9.47 Å². The van der Waals surface area contributed by atoms with E-state index < -0.39 is 0 Å². The van der Waals surface area contributed by atoms with Gasteiger partial charge in [0.05, 0.1) is 7.11 Å². The highest BCUT2D eigenvalue weighted by Crippen LogP contribution is 2.20. The molecule has 0 spiro atoms. The fourth-order valence-electron chi connectivity index (χ4n) is 4.20. The van der Waals surface area contributed by atoms with E-state index in [0.29, 0.717) is 19.8 Å². The molecule has 2 amide bonds. The first-order valence-electron chi connectivity index (χ1n) is 11.0. The van der Waals surface area contributed by atoms with Gasteiger partial charge in [-0.3, -0.25) is 9.59 Å². The summed E-state index contributed by atoms with van der Waals surface area (Å²) < 4.78 is 10.7. The summed E-state index contributed by atoms with van der Waals surface area (Å²) in [5, 5.41) is 6.73. The Balaban J connectivity index is 1.54. The zero-order chi connectivity index (χ0) is 21.3. The van der Waals surface area contributed by atoms with Crippen LogP contribution in [0.5, 0.6) is 5.75 Å². The Morgan fingerprint density at radius 1 is 1.20 bits per heavy atom. The van der Waals surface area contributed by atoms with Crippen LogP contribution < -0.4 is 15.4 Å². The van der Waals surface area contributed by atoms with Crippen molar-refractivity contribution in [1.29, 1.82) is 0 Å². The summed E-state index contributed by atoms with van der Waals surface area (Å²) in [7, 11) is 3.50. The number of rotatable bonds is 6. The van der Waals surface area contributed by atoms with Gasteiger partial charge in [-0.15, -0.1) is 0 Å². The topological polar surface area (TPSA) is 79.9 Å². The lowest BCUT2D eigenvalue weighted by Crippen LogP contribution is -2.44. The SMILES string of the molecule is COc1cccc(CN[C@@H]2CCC[C@@H](C(=O)NC3CCOCC3)CC(=O)N(C)C2)c1. The van der Waals surface area contributed by atoms with Crippen LogP contribution in [-0.2, 0) is 20.9 Å². The summed E-state index contributed by atoms with van der Waals surface area (Å²) >= 11 is 0. The van der Waals surface area contributed by atoms with Crippen molar-refractivity contribution in [3.05, 3.63) is 29.8 Å². The summed E-state index contributed by atoms with van der Waals surface area (Å²) in [6.45, 7) is 2.75. The van der Waals surface area contributed by atoms with Crippen molar-refractivity contribution in [2.75, 3.05) is 33.9 Å². The number of methoxy groups -OCH3 is 1. The second-order valence-corrected chi connectivity index (χ2v) is 8.43. The summed E-state index contributed by atoms with van der Waals surface area (Å²) in [4.78, 5) is 27.3. The largest absolute Gasteiger partial charge is 0.497 e. The smallest absolute Gasteiger partial charge is 0.223 e. The molecule has 2 aliphatic heterocycles. The lowest BCUT2D eigenvalue weighted by Gasteiger charge is -2.26. The normalized spacial score (nSPS) is 23.9.